The highest BCUT2D eigenvalue weighted by atomic mass is 79.9. The molecule has 0 aromatic rings. The molecular weight excluding hydrogens is 152 g/mol. The molecule has 0 aliphatic rings. The molecule has 0 N–H and O–H groups in total. The van der Waals surface area contributed by atoms with E-state index in [2.05, 4.69) is 29.1 Å². The first-order valence-corrected chi connectivity index (χ1v) is 3.27. The average Bonchev–Trinajstić information content (AvgIpc) is 1.68. The Balaban J connectivity index is 3.17. The van der Waals surface area contributed by atoms with E-state index in [1.54, 1.807) is 0 Å². The zero-order chi connectivity index (χ0) is 5.70. The lowest BCUT2D eigenvalue weighted by molar-refractivity contribution is 1.25. The van der Waals surface area contributed by atoms with Crippen molar-refractivity contribution in [2.24, 2.45) is 0 Å². The number of alkyl halides is 1. The van der Waals surface area contributed by atoms with E-state index >= 15 is 0 Å². The second kappa shape index (κ2) is 4.13. The molecular formula is C6H9Br. The van der Waals surface area contributed by atoms with Gasteiger partial charge in [0.15, 0.2) is 0 Å². The molecule has 0 rings (SSSR count). The Bertz CT molecular complexity index is 74.2. The van der Waals surface area contributed by atoms with Crippen LogP contribution in [0.2, 0.25) is 0 Å². The summed E-state index contributed by atoms with van der Waals surface area (Å²) < 4.78 is 0. The fourth-order valence-corrected chi connectivity index (χ4v) is 0.488. The van der Waals surface area contributed by atoms with Crippen LogP contribution in [0, 0.1) is 0 Å². The molecule has 7 heavy (non-hydrogen) atoms. The molecule has 0 spiro atoms. The Morgan fingerprint density at radius 3 is 2.43 bits per heavy atom. The van der Waals surface area contributed by atoms with Crippen LogP contribution in [0.15, 0.2) is 24.8 Å². The highest BCUT2D eigenvalue weighted by Crippen LogP contribution is 2.00. The summed E-state index contributed by atoms with van der Waals surface area (Å²) in [6.07, 6.45) is 2.77. The van der Waals surface area contributed by atoms with Crippen LogP contribution in [0.5, 0.6) is 0 Å². The van der Waals surface area contributed by atoms with Gasteiger partial charge in [-0.25, -0.2) is 0 Å². The lowest BCUT2D eigenvalue weighted by atomic mass is 10.2. The van der Waals surface area contributed by atoms with Crippen molar-refractivity contribution in [3.8, 4) is 0 Å². The van der Waals surface area contributed by atoms with Gasteiger partial charge in [-0.2, -0.15) is 0 Å². The molecule has 0 aliphatic carbocycles. The van der Waals surface area contributed by atoms with Crippen LogP contribution < -0.4 is 0 Å². The van der Waals surface area contributed by atoms with Gasteiger partial charge >= 0.3 is 0 Å². The number of halogens is 1. The van der Waals surface area contributed by atoms with Crippen LogP contribution in [-0.2, 0) is 0 Å². The van der Waals surface area contributed by atoms with Crippen LogP contribution in [0.3, 0.4) is 0 Å². The molecule has 0 saturated heterocycles. The smallest absolute Gasteiger partial charge is 0.0242 e. The van der Waals surface area contributed by atoms with Crippen molar-refractivity contribution in [2.45, 2.75) is 6.42 Å². The molecule has 0 aromatic carbocycles. The molecule has 0 radical (unpaired) electrons. The Hall–Kier alpha value is -0.0400. The van der Waals surface area contributed by atoms with Crippen molar-refractivity contribution in [2.75, 3.05) is 5.33 Å². The van der Waals surface area contributed by atoms with Crippen LogP contribution >= 0.6 is 15.9 Å². The first-order valence-electron chi connectivity index (χ1n) is 2.14. The second-order valence-corrected chi connectivity index (χ2v) is 1.94. The van der Waals surface area contributed by atoms with E-state index in [-0.39, 0.29) is 0 Å². The van der Waals surface area contributed by atoms with Gasteiger partial charge in [-0.3, -0.25) is 0 Å². The minimum atomic E-state index is 0.888. The maximum atomic E-state index is 3.74. The summed E-state index contributed by atoms with van der Waals surface area (Å²) in [6, 6.07) is 0. The van der Waals surface area contributed by atoms with Gasteiger partial charge in [0.25, 0.3) is 0 Å². The summed E-state index contributed by atoms with van der Waals surface area (Å²) in [5, 5.41) is 0.888. The van der Waals surface area contributed by atoms with E-state index in [9.17, 15) is 0 Å². The second-order valence-electron chi connectivity index (χ2n) is 1.38. The molecule has 0 aromatic heterocycles. The van der Waals surface area contributed by atoms with Gasteiger partial charge in [-0.05, 0) is 6.42 Å². The Kier molecular flexibility index (Phi) is 4.10. The molecule has 0 aliphatic heterocycles. The molecule has 40 valence electrons. The van der Waals surface area contributed by atoms with Crippen LogP contribution in [0.25, 0.3) is 0 Å². The summed E-state index contributed by atoms with van der Waals surface area (Å²) >= 11 is 3.27. The molecule has 0 nitrogen and oxygen atoms in total. The van der Waals surface area contributed by atoms with Gasteiger partial charge in [-0.15, -0.1) is 6.58 Å². The lowest BCUT2D eigenvalue weighted by Gasteiger charge is -1.89. The highest BCUT2D eigenvalue weighted by Gasteiger charge is 1.82. The highest BCUT2D eigenvalue weighted by molar-refractivity contribution is 9.09. The molecule has 0 heterocycles. The van der Waals surface area contributed by atoms with E-state index in [0.29, 0.717) is 0 Å². The van der Waals surface area contributed by atoms with Crippen molar-refractivity contribution in [1.82, 2.24) is 0 Å². The molecule has 0 bridgehead atoms. The average molecular weight is 161 g/mol. The van der Waals surface area contributed by atoms with Crippen molar-refractivity contribution in [1.29, 1.82) is 0 Å². The minimum Gasteiger partial charge on any atom is -0.103 e. The van der Waals surface area contributed by atoms with Gasteiger partial charge in [0, 0.05) is 5.33 Å². The Morgan fingerprint density at radius 1 is 1.71 bits per heavy atom. The quantitative estimate of drug-likeness (QED) is 0.440. The number of rotatable bonds is 3. The maximum Gasteiger partial charge on any atom is 0.0242 e. The summed E-state index contributed by atoms with van der Waals surface area (Å²) in [5.41, 5.74) is 1.18. The first-order chi connectivity index (χ1) is 3.31. The summed E-state index contributed by atoms with van der Waals surface area (Å²) in [4.78, 5) is 0. The molecule has 1 heteroatoms. The maximum absolute atomic E-state index is 3.74. The zero-order valence-electron chi connectivity index (χ0n) is 4.28. The van der Waals surface area contributed by atoms with Gasteiger partial charge in [0.1, 0.15) is 0 Å². The summed E-state index contributed by atoms with van der Waals surface area (Å²) in [6.45, 7) is 7.31. The standard InChI is InChI=1S/C6H9Br/c1-3-4-6(2)5-7/h3H,1-2,4-5H2. The predicted octanol–water partition coefficient (Wildman–Crippen LogP) is 2.51. The van der Waals surface area contributed by atoms with Gasteiger partial charge in [0.05, 0.1) is 0 Å². The van der Waals surface area contributed by atoms with Crippen molar-refractivity contribution >= 4 is 15.9 Å². The van der Waals surface area contributed by atoms with E-state index in [1.165, 1.54) is 5.57 Å². The van der Waals surface area contributed by atoms with E-state index in [1.807, 2.05) is 6.08 Å². The van der Waals surface area contributed by atoms with Crippen LogP contribution in [0.1, 0.15) is 6.42 Å². The zero-order valence-corrected chi connectivity index (χ0v) is 5.87. The first kappa shape index (κ1) is 6.96. The minimum absolute atomic E-state index is 0.888. The van der Waals surface area contributed by atoms with E-state index in [4.69, 9.17) is 0 Å². The van der Waals surface area contributed by atoms with E-state index < -0.39 is 0 Å². The van der Waals surface area contributed by atoms with Crippen molar-refractivity contribution in [3.05, 3.63) is 24.8 Å². The van der Waals surface area contributed by atoms with Crippen molar-refractivity contribution < 1.29 is 0 Å². The molecule has 0 saturated carbocycles. The summed E-state index contributed by atoms with van der Waals surface area (Å²) in [5.74, 6) is 0. The van der Waals surface area contributed by atoms with Crippen LogP contribution in [-0.4, -0.2) is 5.33 Å². The fraction of sp³-hybridized carbons (Fsp3) is 0.333. The Morgan fingerprint density at radius 2 is 2.29 bits per heavy atom. The fourth-order valence-electron chi connectivity index (χ4n) is 0.259. The normalized spacial score (nSPS) is 8.14. The predicted molar refractivity (Wildman–Crippen MR) is 37.7 cm³/mol. The number of hydrogen-bond acceptors (Lipinski definition) is 0. The largest absolute Gasteiger partial charge is 0.103 e. The third-order valence-corrected chi connectivity index (χ3v) is 1.41. The van der Waals surface area contributed by atoms with Gasteiger partial charge in [-0.1, -0.05) is 34.2 Å². The van der Waals surface area contributed by atoms with Crippen LogP contribution in [0.4, 0.5) is 0 Å². The summed E-state index contributed by atoms with van der Waals surface area (Å²) in [7, 11) is 0. The monoisotopic (exact) mass is 160 g/mol. The third-order valence-electron chi connectivity index (χ3n) is 0.622. The topological polar surface area (TPSA) is 0 Å². The van der Waals surface area contributed by atoms with Crippen molar-refractivity contribution in [3.63, 3.8) is 0 Å². The molecule has 0 amide bonds. The number of hydrogen-bond donors (Lipinski definition) is 0. The lowest BCUT2D eigenvalue weighted by Crippen LogP contribution is -1.75. The molecule has 0 fully saturated rings. The molecule has 0 atom stereocenters. The van der Waals surface area contributed by atoms with Gasteiger partial charge in [0.2, 0.25) is 0 Å². The third kappa shape index (κ3) is 3.80. The Labute approximate surface area is 53.1 Å². The van der Waals surface area contributed by atoms with E-state index in [0.717, 1.165) is 11.8 Å². The number of allylic oxidation sites excluding steroid dienone is 2. The SMILES string of the molecule is C=CCC(=C)CBr. The molecule has 0 unspecified atom stereocenters. The van der Waals surface area contributed by atoms with Gasteiger partial charge < -0.3 is 0 Å².